The van der Waals surface area contributed by atoms with Gasteiger partial charge in [0.25, 0.3) is 0 Å². The zero-order valence-corrected chi connectivity index (χ0v) is 14.1. The molecular weight excluding hydrogens is 324 g/mol. The zero-order valence-electron chi connectivity index (χ0n) is 12.6. The molecule has 1 aromatic heterocycles. The standard InChI is InChI=1S/C16H18Cl2FN3/c1-21(2)7-8-22(11-12-5-3-4-6-15(12)19)16-14(18)9-13(17)10-20-16/h3-6,9-10H,7-8,11H2,1-2H3. The molecule has 2 aromatic rings. The van der Waals surface area contributed by atoms with Crippen molar-refractivity contribution in [3.8, 4) is 0 Å². The van der Waals surface area contributed by atoms with Gasteiger partial charge in [0.05, 0.1) is 10.0 Å². The van der Waals surface area contributed by atoms with E-state index in [1.54, 1.807) is 24.4 Å². The lowest BCUT2D eigenvalue weighted by Crippen LogP contribution is -2.32. The second-order valence-electron chi connectivity index (χ2n) is 5.28. The Morgan fingerprint density at radius 3 is 2.50 bits per heavy atom. The van der Waals surface area contributed by atoms with Crippen LogP contribution in [0.1, 0.15) is 5.56 Å². The minimum atomic E-state index is -0.234. The second kappa shape index (κ2) is 7.77. The van der Waals surface area contributed by atoms with E-state index in [-0.39, 0.29) is 5.82 Å². The highest BCUT2D eigenvalue weighted by atomic mass is 35.5. The molecule has 118 valence electrons. The molecule has 3 nitrogen and oxygen atoms in total. The highest BCUT2D eigenvalue weighted by molar-refractivity contribution is 6.36. The first-order valence-corrected chi connectivity index (χ1v) is 7.67. The number of rotatable bonds is 6. The number of benzene rings is 1. The maximum Gasteiger partial charge on any atom is 0.147 e. The minimum Gasteiger partial charge on any atom is -0.350 e. The number of anilines is 1. The first kappa shape index (κ1) is 17.0. The van der Waals surface area contributed by atoms with Gasteiger partial charge >= 0.3 is 0 Å². The van der Waals surface area contributed by atoms with Gasteiger partial charge in [0.1, 0.15) is 11.6 Å². The molecule has 0 N–H and O–H groups in total. The average Bonchev–Trinajstić information content (AvgIpc) is 2.46. The summed E-state index contributed by atoms with van der Waals surface area (Å²) in [6, 6.07) is 8.36. The zero-order chi connectivity index (χ0) is 16.1. The number of aromatic nitrogens is 1. The van der Waals surface area contributed by atoms with Crippen molar-refractivity contribution < 1.29 is 4.39 Å². The highest BCUT2D eigenvalue weighted by Gasteiger charge is 2.15. The number of pyridine rings is 1. The summed E-state index contributed by atoms with van der Waals surface area (Å²) < 4.78 is 13.9. The summed E-state index contributed by atoms with van der Waals surface area (Å²) >= 11 is 12.2. The summed E-state index contributed by atoms with van der Waals surface area (Å²) in [6.45, 7) is 1.87. The van der Waals surface area contributed by atoms with E-state index in [0.717, 1.165) is 6.54 Å². The van der Waals surface area contributed by atoms with Gasteiger partial charge in [-0.1, -0.05) is 41.4 Å². The van der Waals surface area contributed by atoms with Gasteiger partial charge in [0, 0.05) is 31.4 Å². The summed E-state index contributed by atoms with van der Waals surface area (Å²) in [5.41, 5.74) is 0.606. The van der Waals surface area contributed by atoms with Crippen molar-refractivity contribution in [3.63, 3.8) is 0 Å². The molecule has 0 saturated heterocycles. The predicted octanol–water partition coefficient (Wildman–Crippen LogP) is 4.10. The van der Waals surface area contributed by atoms with Gasteiger partial charge in [-0.25, -0.2) is 9.37 Å². The largest absolute Gasteiger partial charge is 0.350 e. The van der Waals surface area contributed by atoms with Crippen LogP contribution in [0.2, 0.25) is 10.0 Å². The SMILES string of the molecule is CN(C)CCN(Cc1ccccc1F)c1ncc(Cl)cc1Cl. The number of halogens is 3. The Morgan fingerprint density at radius 2 is 1.86 bits per heavy atom. The van der Waals surface area contributed by atoms with Gasteiger partial charge in [0.15, 0.2) is 0 Å². The smallest absolute Gasteiger partial charge is 0.147 e. The molecule has 0 fully saturated rings. The molecule has 0 spiro atoms. The molecule has 0 aliphatic carbocycles. The Morgan fingerprint density at radius 1 is 1.14 bits per heavy atom. The van der Waals surface area contributed by atoms with Gasteiger partial charge in [0.2, 0.25) is 0 Å². The van der Waals surface area contributed by atoms with E-state index in [2.05, 4.69) is 9.88 Å². The van der Waals surface area contributed by atoms with E-state index in [0.29, 0.717) is 34.5 Å². The molecule has 6 heteroatoms. The topological polar surface area (TPSA) is 19.4 Å². The third kappa shape index (κ3) is 4.57. The van der Waals surface area contributed by atoms with Crippen LogP contribution in [0.25, 0.3) is 0 Å². The second-order valence-corrected chi connectivity index (χ2v) is 6.12. The molecule has 0 saturated carbocycles. The van der Waals surface area contributed by atoms with Crippen molar-refractivity contribution in [2.75, 3.05) is 32.1 Å². The summed E-state index contributed by atoms with van der Waals surface area (Å²) in [7, 11) is 3.97. The maximum absolute atomic E-state index is 13.9. The fourth-order valence-electron chi connectivity index (χ4n) is 2.05. The van der Waals surface area contributed by atoms with Crippen molar-refractivity contribution >= 4 is 29.0 Å². The third-order valence-corrected chi connectivity index (χ3v) is 3.71. The van der Waals surface area contributed by atoms with Gasteiger partial charge < -0.3 is 9.80 Å². The first-order valence-electron chi connectivity index (χ1n) is 6.91. The molecule has 1 aromatic carbocycles. The van der Waals surface area contributed by atoms with E-state index in [1.807, 2.05) is 25.1 Å². The number of hydrogen-bond donors (Lipinski definition) is 0. The van der Waals surface area contributed by atoms with Gasteiger partial charge in [-0.3, -0.25) is 0 Å². The minimum absolute atomic E-state index is 0.234. The van der Waals surface area contributed by atoms with E-state index in [1.165, 1.54) is 6.07 Å². The van der Waals surface area contributed by atoms with Crippen molar-refractivity contribution in [1.82, 2.24) is 9.88 Å². The summed E-state index contributed by atoms with van der Waals surface area (Å²) in [5, 5.41) is 0.940. The van der Waals surface area contributed by atoms with Crippen LogP contribution in [0.5, 0.6) is 0 Å². The average molecular weight is 342 g/mol. The number of hydrogen-bond acceptors (Lipinski definition) is 3. The molecule has 0 radical (unpaired) electrons. The quantitative estimate of drug-likeness (QED) is 0.788. The highest BCUT2D eigenvalue weighted by Crippen LogP contribution is 2.27. The van der Waals surface area contributed by atoms with Gasteiger partial charge in [-0.2, -0.15) is 0 Å². The molecular formula is C16H18Cl2FN3. The van der Waals surface area contributed by atoms with Crippen LogP contribution in [0.3, 0.4) is 0 Å². The first-order chi connectivity index (χ1) is 10.5. The fourth-order valence-corrected chi connectivity index (χ4v) is 2.55. The van der Waals surface area contributed by atoms with Crippen LogP contribution in [0.15, 0.2) is 36.5 Å². The summed E-state index contributed by atoms with van der Waals surface area (Å²) in [6.07, 6.45) is 1.55. The molecule has 0 atom stereocenters. The third-order valence-electron chi connectivity index (χ3n) is 3.22. The van der Waals surface area contributed by atoms with Crippen LogP contribution in [-0.4, -0.2) is 37.1 Å². The Hall–Kier alpha value is -1.36. The predicted molar refractivity (Wildman–Crippen MR) is 90.3 cm³/mol. The lowest BCUT2D eigenvalue weighted by molar-refractivity contribution is 0.411. The van der Waals surface area contributed by atoms with Crippen LogP contribution in [0, 0.1) is 5.82 Å². The van der Waals surface area contributed by atoms with Crippen molar-refractivity contribution in [1.29, 1.82) is 0 Å². The molecule has 0 aliphatic heterocycles. The normalized spacial score (nSPS) is 11.0. The Labute approximate surface area is 140 Å². The van der Waals surface area contributed by atoms with Crippen LogP contribution in [-0.2, 0) is 6.54 Å². The maximum atomic E-state index is 13.9. The van der Waals surface area contributed by atoms with Crippen LogP contribution >= 0.6 is 23.2 Å². The molecule has 2 rings (SSSR count). The molecule has 0 unspecified atom stereocenters. The van der Waals surface area contributed by atoms with Gasteiger partial charge in [-0.05, 0) is 26.2 Å². The van der Waals surface area contributed by atoms with Crippen molar-refractivity contribution in [2.24, 2.45) is 0 Å². The summed E-state index contributed by atoms with van der Waals surface area (Å²) in [5.74, 6) is 0.374. The van der Waals surface area contributed by atoms with Crippen molar-refractivity contribution in [3.05, 3.63) is 58.0 Å². The van der Waals surface area contributed by atoms with E-state index in [9.17, 15) is 4.39 Å². The van der Waals surface area contributed by atoms with Crippen molar-refractivity contribution in [2.45, 2.75) is 6.54 Å². The van der Waals surface area contributed by atoms with Crippen LogP contribution in [0.4, 0.5) is 10.2 Å². The van der Waals surface area contributed by atoms with Gasteiger partial charge in [-0.15, -0.1) is 0 Å². The fraction of sp³-hybridized carbons (Fsp3) is 0.312. The Bertz CT molecular complexity index is 635. The molecule has 1 heterocycles. The summed E-state index contributed by atoms with van der Waals surface area (Å²) in [4.78, 5) is 8.31. The molecule has 0 amide bonds. The van der Waals surface area contributed by atoms with E-state index < -0.39 is 0 Å². The Balaban J connectivity index is 2.28. The number of likely N-dealkylation sites (N-methyl/N-ethyl adjacent to an activating group) is 1. The lowest BCUT2D eigenvalue weighted by Gasteiger charge is -2.26. The molecule has 0 aliphatic rings. The van der Waals surface area contributed by atoms with E-state index >= 15 is 0 Å². The Kier molecular flexibility index (Phi) is 6.00. The van der Waals surface area contributed by atoms with Crippen LogP contribution < -0.4 is 4.90 Å². The molecule has 22 heavy (non-hydrogen) atoms. The number of nitrogens with zero attached hydrogens (tertiary/aromatic N) is 3. The van der Waals surface area contributed by atoms with E-state index in [4.69, 9.17) is 23.2 Å². The monoisotopic (exact) mass is 341 g/mol. The lowest BCUT2D eigenvalue weighted by atomic mass is 10.2. The molecule has 0 bridgehead atoms.